The SMILES string of the molecule is COc1cc(COc2ccc(Br)cc2Cl)ccc1C(=N)N. The van der Waals surface area contributed by atoms with Crippen molar-refractivity contribution in [2.75, 3.05) is 7.11 Å². The normalized spacial score (nSPS) is 10.2. The molecule has 6 heteroatoms. The zero-order valence-electron chi connectivity index (χ0n) is 11.3. The Morgan fingerprint density at radius 2 is 2.00 bits per heavy atom. The van der Waals surface area contributed by atoms with Crippen molar-refractivity contribution >= 4 is 33.4 Å². The van der Waals surface area contributed by atoms with Gasteiger partial charge in [0.2, 0.25) is 0 Å². The fourth-order valence-corrected chi connectivity index (χ4v) is 2.53. The van der Waals surface area contributed by atoms with Crippen LogP contribution >= 0.6 is 27.5 Å². The van der Waals surface area contributed by atoms with E-state index in [1.807, 2.05) is 12.1 Å². The largest absolute Gasteiger partial charge is 0.496 e. The third kappa shape index (κ3) is 3.89. The van der Waals surface area contributed by atoms with E-state index in [0.29, 0.717) is 28.7 Å². The number of benzene rings is 2. The molecule has 0 fully saturated rings. The van der Waals surface area contributed by atoms with Gasteiger partial charge in [0.25, 0.3) is 0 Å². The average Bonchev–Trinajstić information content (AvgIpc) is 2.45. The van der Waals surface area contributed by atoms with Crippen LogP contribution in [0.1, 0.15) is 11.1 Å². The number of methoxy groups -OCH3 is 1. The van der Waals surface area contributed by atoms with Crippen LogP contribution in [-0.4, -0.2) is 12.9 Å². The predicted octanol–water partition coefficient (Wildman–Crippen LogP) is 3.97. The Morgan fingerprint density at radius 1 is 1.24 bits per heavy atom. The number of halogens is 2. The lowest BCUT2D eigenvalue weighted by molar-refractivity contribution is 0.305. The molecule has 0 saturated heterocycles. The minimum absolute atomic E-state index is 0.0322. The van der Waals surface area contributed by atoms with Crippen LogP contribution in [0.15, 0.2) is 40.9 Å². The molecule has 2 aromatic rings. The zero-order valence-corrected chi connectivity index (χ0v) is 13.7. The molecule has 0 aliphatic rings. The van der Waals surface area contributed by atoms with Crippen LogP contribution in [0.25, 0.3) is 0 Å². The Morgan fingerprint density at radius 3 is 2.62 bits per heavy atom. The molecule has 2 aromatic carbocycles. The van der Waals surface area contributed by atoms with Crippen LogP contribution in [0.5, 0.6) is 11.5 Å². The summed E-state index contributed by atoms with van der Waals surface area (Å²) in [5.41, 5.74) is 6.95. The first kappa shape index (κ1) is 15.7. The van der Waals surface area contributed by atoms with E-state index in [9.17, 15) is 0 Å². The molecule has 4 nitrogen and oxygen atoms in total. The molecule has 110 valence electrons. The Bertz CT molecular complexity index is 677. The Hall–Kier alpha value is -1.72. The minimum Gasteiger partial charge on any atom is -0.496 e. The Labute approximate surface area is 136 Å². The Balaban J connectivity index is 2.15. The lowest BCUT2D eigenvalue weighted by Gasteiger charge is -2.11. The van der Waals surface area contributed by atoms with Crippen molar-refractivity contribution in [3.05, 3.63) is 57.0 Å². The summed E-state index contributed by atoms with van der Waals surface area (Å²) < 4.78 is 11.8. The van der Waals surface area contributed by atoms with Gasteiger partial charge in [-0.2, -0.15) is 0 Å². The number of hydrogen-bond donors (Lipinski definition) is 2. The third-order valence-electron chi connectivity index (χ3n) is 2.84. The fraction of sp³-hybridized carbons (Fsp3) is 0.133. The van der Waals surface area contributed by atoms with Crippen molar-refractivity contribution in [1.82, 2.24) is 0 Å². The van der Waals surface area contributed by atoms with E-state index in [1.54, 1.807) is 24.3 Å². The van der Waals surface area contributed by atoms with Crippen molar-refractivity contribution in [1.29, 1.82) is 5.41 Å². The van der Waals surface area contributed by atoms with Gasteiger partial charge in [-0.3, -0.25) is 5.41 Å². The summed E-state index contributed by atoms with van der Waals surface area (Å²) in [5, 5.41) is 8.02. The van der Waals surface area contributed by atoms with Crippen LogP contribution in [0.4, 0.5) is 0 Å². The molecule has 2 rings (SSSR count). The number of rotatable bonds is 5. The molecular formula is C15H14BrClN2O2. The van der Waals surface area contributed by atoms with Gasteiger partial charge < -0.3 is 15.2 Å². The summed E-state index contributed by atoms with van der Waals surface area (Å²) >= 11 is 9.44. The van der Waals surface area contributed by atoms with Crippen molar-refractivity contribution in [2.24, 2.45) is 5.73 Å². The first-order chi connectivity index (χ1) is 10.0. The lowest BCUT2D eigenvalue weighted by atomic mass is 10.1. The zero-order chi connectivity index (χ0) is 15.4. The van der Waals surface area contributed by atoms with E-state index >= 15 is 0 Å². The molecule has 0 unspecified atom stereocenters. The number of amidine groups is 1. The van der Waals surface area contributed by atoms with Gasteiger partial charge in [0.15, 0.2) is 0 Å². The lowest BCUT2D eigenvalue weighted by Crippen LogP contribution is -2.12. The highest BCUT2D eigenvalue weighted by atomic mass is 79.9. The second-order valence-corrected chi connectivity index (χ2v) is 5.63. The molecule has 0 radical (unpaired) electrons. The maximum Gasteiger partial charge on any atom is 0.138 e. The van der Waals surface area contributed by atoms with E-state index in [0.717, 1.165) is 10.0 Å². The van der Waals surface area contributed by atoms with Gasteiger partial charge in [-0.1, -0.05) is 33.6 Å². The van der Waals surface area contributed by atoms with Gasteiger partial charge in [0, 0.05) is 4.47 Å². The molecule has 0 saturated carbocycles. The minimum atomic E-state index is -0.0322. The second kappa shape index (κ2) is 6.83. The summed E-state index contributed by atoms with van der Waals surface area (Å²) in [6.07, 6.45) is 0. The van der Waals surface area contributed by atoms with Gasteiger partial charge in [-0.25, -0.2) is 0 Å². The third-order valence-corrected chi connectivity index (χ3v) is 3.63. The molecule has 0 aromatic heterocycles. The van der Waals surface area contributed by atoms with Crippen LogP contribution < -0.4 is 15.2 Å². The molecule has 0 amide bonds. The molecule has 21 heavy (non-hydrogen) atoms. The number of hydrogen-bond acceptors (Lipinski definition) is 3. The number of nitrogen functional groups attached to an aromatic ring is 1. The predicted molar refractivity (Wildman–Crippen MR) is 87.5 cm³/mol. The number of nitrogens with one attached hydrogen (secondary N) is 1. The van der Waals surface area contributed by atoms with Crippen LogP contribution in [0, 0.1) is 5.41 Å². The van der Waals surface area contributed by atoms with Crippen molar-refractivity contribution < 1.29 is 9.47 Å². The smallest absolute Gasteiger partial charge is 0.138 e. The maximum absolute atomic E-state index is 7.48. The highest BCUT2D eigenvalue weighted by Gasteiger charge is 2.08. The maximum atomic E-state index is 7.48. The summed E-state index contributed by atoms with van der Waals surface area (Å²) in [4.78, 5) is 0. The number of nitrogens with two attached hydrogens (primary N) is 1. The second-order valence-electron chi connectivity index (χ2n) is 4.31. The monoisotopic (exact) mass is 368 g/mol. The molecule has 0 bridgehead atoms. The van der Waals surface area contributed by atoms with Crippen molar-refractivity contribution in [2.45, 2.75) is 6.61 Å². The molecular weight excluding hydrogens is 356 g/mol. The van der Waals surface area contributed by atoms with Gasteiger partial charge in [-0.05, 0) is 35.9 Å². The van der Waals surface area contributed by atoms with Gasteiger partial charge >= 0.3 is 0 Å². The summed E-state index contributed by atoms with van der Waals surface area (Å²) in [7, 11) is 1.54. The average molecular weight is 370 g/mol. The topological polar surface area (TPSA) is 68.3 Å². The quantitative estimate of drug-likeness (QED) is 0.619. The fourth-order valence-electron chi connectivity index (χ4n) is 1.80. The summed E-state index contributed by atoms with van der Waals surface area (Å²) in [5.74, 6) is 1.12. The Kier molecular flexibility index (Phi) is 5.09. The van der Waals surface area contributed by atoms with E-state index in [-0.39, 0.29) is 5.84 Å². The molecule has 0 heterocycles. The summed E-state index contributed by atoms with van der Waals surface area (Å²) in [6.45, 7) is 0.343. The van der Waals surface area contributed by atoms with E-state index in [1.165, 1.54) is 7.11 Å². The summed E-state index contributed by atoms with van der Waals surface area (Å²) in [6, 6.07) is 10.8. The van der Waals surface area contributed by atoms with E-state index in [4.69, 9.17) is 32.2 Å². The highest BCUT2D eigenvalue weighted by molar-refractivity contribution is 9.10. The molecule has 0 aliphatic heterocycles. The highest BCUT2D eigenvalue weighted by Crippen LogP contribution is 2.29. The van der Waals surface area contributed by atoms with Crippen molar-refractivity contribution in [3.8, 4) is 11.5 Å². The van der Waals surface area contributed by atoms with Crippen LogP contribution in [0.2, 0.25) is 5.02 Å². The van der Waals surface area contributed by atoms with Gasteiger partial charge in [0.05, 0.1) is 17.7 Å². The van der Waals surface area contributed by atoms with Crippen molar-refractivity contribution in [3.63, 3.8) is 0 Å². The first-order valence-electron chi connectivity index (χ1n) is 6.10. The molecule has 3 N–H and O–H groups in total. The van der Waals surface area contributed by atoms with E-state index in [2.05, 4.69) is 15.9 Å². The van der Waals surface area contributed by atoms with Gasteiger partial charge in [0.1, 0.15) is 23.9 Å². The van der Waals surface area contributed by atoms with Crippen LogP contribution in [0.3, 0.4) is 0 Å². The molecule has 0 atom stereocenters. The van der Waals surface area contributed by atoms with Crippen LogP contribution in [-0.2, 0) is 6.61 Å². The standard InChI is InChI=1S/C15H14BrClN2O2/c1-20-14-6-9(2-4-11(14)15(18)19)8-21-13-5-3-10(16)7-12(13)17/h2-7H,8H2,1H3,(H3,18,19). The first-order valence-corrected chi connectivity index (χ1v) is 7.27. The number of ether oxygens (including phenoxy) is 2. The van der Waals surface area contributed by atoms with Gasteiger partial charge in [-0.15, -0.1) is 0 Å². The molecule has 0 aliphatic carbocycles. The molecule has 0 spiro atoms. The van der Waals surface area contributed by atoms with E-state index < -0.39 is 0 Å².